The summed E-state index contributed by atoms with van der Waals surface area (Å²) >= 11 is 0. The Kier molecular flexibility index (Phi) is 3.14. The summed E-state index contributed by atoms with van der Waals surface area (Å²) in [6.07, 6.45) is 2.50. The molecule has 1 saturated heterocycles. The number of amides is 1. The number of nitrogens with one attached hydrogen (secondary N) is 1. The summed E-state index contributed by atoms with van der Waals surface area (Å²) in [4.78, 5) is 17.3. The first-order valence-electron chi connectivity index (χ1n) is 5.30. The van der Waals surface area contributed by atoms with Crippen LogP contribution in [-0.4, -0.2) is 41.5 Å². The second-order valence-corrected chi connectivity index (χ2v) is 3.96. The summed E-state index contributed by atoms with van der Waals surface area (Å²) in [6.45, 7) is 3.98. The minimum atomic E-state index is -0.557. The van der Waals surface area contributed by atoms with Crippen LogP contribution in [0.25, 0.3) is 0 Å². The SMILES string of the molecule is CC1CN(C(=O)c2ccncc2F)CCN1. The molecule has 4 nitrogen and oxygen atoms in total. The van der Waals surface area contributed by atoms with Gasteiger partial charge in [0, 0.05) is 31.9 Å². The third-order valence-corrected chi connectivity index (χ3v) is 2.66. The molecule has 16 heavy (non-hydrogen) atoms. The standard InChI is InChI=1S/C11H14FN3O/c1-8-7-15(5-4-14-8)11(16)9-2-3-13-6-10(9)12/h2-3,6,8,14H,4-5,7H2,1H3. The molecule has 86 valence electrons. The van der Waals surface area contributed by atoms with Crippen molar-refractivity contribution in [2.45, 2.75) is 13.0 Å². The van der Waals surface area contributed by atoms with E-state index in [1.54, 1.807) is 4.90 Å². The molecule has 1 amide bonds. The van der Waals surface area contributed by atoms with Crippen LogP contribution in [0.5, 0.6) is 0 Å². The summed E-state index contributed by atoms with van der Waals surface area (Å²) < 4.78 is 13.4. The lowest BCUT2D eigenvalue weighted by Gasteiger charge is -2.31. The molecule has 5 heteroatoms. The number of halogens is 1. The topological polar surface area (TPSA) is 45.2 Å². The summed E-state index contributed by atoms with van der Waals surface area (Å²) in [5, 5.41) is 3.23. The van der Waals surface area contributed by atoms with Crippen molar-refractivity contribution in [3.05, 3.63) is 29.8 Å². The van der Waals surface area contributed by atoms with Gasteiger partial charge in [-0.25, -0.2) is 4.39 Å². The summed E-state index contributed by atoms with van der Waals surface area (Å²) in [6, 6.07) is 1.67. The zero-order valence-electron chi connectivity index (χ0n) is 9.11. The first-order valence-corrected chi connectivity index (χ1v) is 5.30. The summed E-state index contributed by atoms with van der Waals surface area (Å²) in [5.74, 6) is -0.813. The first kappa shape index (κ1) is 11.0. The highest BCUT2D eigenvalue weighted by Gasteiger charge is 2.23. The van der Waals surface area contributed by atoms with Crippen molar-refractivity contribution in [1.29, 1.82) is 0 Å². The van der Waals surface area contributed by atoms with Gasteiger partial charge in [0.2, 0.25) is 0 Å². The number of piperazine rings is 1. The van der Waals surface area contributed by atoms with Gasteiger partial charge in [-0.15, -0.1) is 0 Å². The maximum Gasteiger partial charge on any atom is 0.257 e. The molecule has 1 aliphatic heterocycles. The van der Waals surface area contributed by atoms with Gasteiger partial charge in [-0.2, -0.15) is 0 Å². The van der Waals surface area contributed by atoms with Crippen molar-refractivity contribution in [2.75, 3.05) is 19.6 Å². The Morgan fingerprint density at radius 2 is 2.50 bits per heavy atom. The minimum absolute atomic E-state index is 0.101. The van der Waals surface area contributed by atoms with Crippen LogP contribution < -0.4 is 5.32 Å². The highest BCUT2D eigenvalue weighted by Crippen LogP contribution is 2.10. The Labute approximate surface area is 93.5 Å². The van der Waals surface area contributed by atoms with Crippen molar-refractivity contribution < 1.29 is 9.18 Å². The molecule has 0 aliphatic carbocycles. The van der Waals surface area contributed by atoms with Gasteiger partial charge in [-0.3, -0.25) is 9.78 Å². The van der Waals surface area contributed by atoms with E-state index in [9.17, 15) is 9.18 Å². The smallest absolute Gasteiger partial charge is 0.257 e. The van der Waals surface area contributed by atoms with E-state index >= 15 is 0 Å². The van der Waals surface area contributed by atoms with E-state index in [1.165, 1.54) is 12.3 Å². The minimum Gasteiger partial charge on any atom is -0.336 e. The highest BCUT2D eigenvalue weighted by molar-refractivity contribution is 5.94. The third kappa shape index (κ3) is 2.19. The van der Waals surface area contributed by atoms with Crippen molar-refractivity contribution in [3.8, 4) is 0 Å². The maximum absolute atomic E-state index is 13.4. The molecule has 2 heterocycles. The van der Waals surface area contributed by atoms with E-state index in [0.29, 0.717) is 13.1 Å². The Hall–Kier alpha value is -1.49. The van der Waals surface area contributed by atoms with Crippen LogP contribution in [0.1, 0.15) is 17.3 Å². The molecule has 0 bridgehead atoms. The number of rotatable bonds is 1. The summed E-state index contributed by atoms with van der Waals surface area (Å²) in [5.41, 5.74) is 0.101. The van der Waals surface area contributed by atoms with Gasteiger partial charge in [0.1, 0.15) is 0 Å². The maximum atomic E-state index is 13.4. The van der Waals surface area contributed by atoms with Crippen molar-refractivity contribution in [2.24, 2.45) is 0 Å². The van der Waals surface area contributed by atoms with E-state index < -0.39 is 5.82 Å². The zero-order chi connectivity index (χ0) is 11.5. The number of hydrogen-bond acceptors (Lipinski definition) is 3. The van der Waals surface area contributed by atoms with Crippen LogP contribution in [0.2, 0.25) is 0 Å². The largest absolute Gasteiger partial charge is 0.336 e. The fraction of sp³-hybridized carbons (Fsp3) is 0.455. The molecular formula is C11H14FN3O. The predicted octanol–water partition coefficient (Wildman–Crippen LogP) is 0.655. The van der Waals surface area contributed by atoms with Crippen molar-refractivity contribution >= 4 is 5.91 Å². The van der Waals surface area contributed by atoms with E-state index in [0.717, 1.165) is 12.7 Å². The lowest BCUT2D eigenvalue weighted by Crippen LogP contribution is -2.51. The number of pyridine rings is 1. The van der Waals surface area contributed by atoms with Crippen LogP contribution in [0.3, 0.4) is 0 Å². The number of carbonyl (C=O) groups excluding carboxylic acids is 1. The van der Waals surface area contributed by atoms with E-state index in [-0.39, 0.29) is 17.5 Å². The molecule has 1 atom stereocenters. The van der Waals surface area contributed by atoms with Crippen LogP contribution in [-0.2, 0) is 0 Å². The van der Waals surface area contributed by atoms with Gasteiger partial charge >= 0.3 is 0 Å². The molecule has 0 spiro atoms. The average molecular weight is 223 g/mol. The van der Waals surface area contributed by atoms with Gasteiger partial charge in [0.25, 0.3) is 5.91 Å². The zero-order valence-corrected chi connectivity index (χ0v) is 9.11. The molecule has 1 aliphatic rings. The second-order valence-electron chi connectivity index (χ2n) is 3.96. The van der Waals surface area contributed by atoms with Gasteiger partial charge in [0.15, 0.2) is 5.82 Å². The van der Waals surface area contributed by atoms with E-state index in [4.69, 9.17) is 0 Å². The Morgan fingerprint density at radius 1 is 1.69 bits per heavy atom. The normalized spacial score (nSPS) is 20.9. The average Bonchev–Trinajstić information content (AvgIpc) is 2.29. The van der Waals surface area contributed by atoms with Gasteiger partial charge in [-0.05, 0) is 13.0 Å². The predicted molar refractivity (Wildman–Crippen MR) is 57.6 cm³/mol. The van der Waals surface area contributed by atoms with E-state index in [1.807, 2.05) is 6.92 Å². The first-order chi connectivity index (χ1) is 7.68. The van der Waals surface area contributed by atoms with Crippen LogP contribution >= 0.6 is 0 Å². The van der Waals surface area contributed by atoms with Gasteiger partial charge < -0.3 is 10.2 Å². The summed E-state index contributed by atoms with van der Waals surface area (Å²) in [7, 11) is 0. The quantitative estimate of drug-likeness (QED) is 0.760. The number of aromatic nitrogens is 1. The lowest BCUT2D eigenvalue weighted by molar-refractivity contribution is 0.0704. The fourth-order valence-electron chi connectivity index (χ4n) is 1.84. The Morgan fingerprint density at radius 3 is 3.19 bits per heavy atom. The second kappa shape index (κ2) is 4.57. The van der Waals surface area contributed by atoms with Crippen molar-refractivity contribution in [1.82, 2.24) is 15.2 Å². The Balaban J connectivity index is 2.16. The van der Waals surface area contributed by atoms with Crippen LogP contribution in [0.15, 0.2) is 18.5 Å². The van der Waals surface area contributed by atoms with E-state index in [2.05, 4.69) is 10.3 Å². The monoisotopic (exact) mass is 223 g/mol. The van der Waals surface area contributed by atoms with Crippen molar-refractivity contribution in [3.63, 3.8) is 0 Å². The van der Waals surface area contributed by atoms with Gasteiger partial charge in [0.05, 0.1) is 11.8 Å². The molecule has 0 aromatic carbocycles. The Bertz CT molecular complexity index is 397. The number of carbonyl (C=O) groups is 1. The number of hydrogen-bond donors (Lipinski definition) is 1. The highest BCUT2D eigenvalue weighted by atomic mass is 19.1. The van der Waals surface area contributed by atoms with Gasteiger partial charge in [-0.1, -0.05) is 0 Å². The van der Waals surface area contributed by atoms with Crippen LogP contribution in [0.4, 0.5) is 4.39 Å². The molecule has 1 fully saturated rings. The molecule has 1 unspecified atom stereocenters. The molecule has 1 aromatic heterocycles. The molecule has 2 rings (SSSR count). The van der Waals surface area contributed by atoms with Crippen LogP contribution in [0, 0.1) is 5.82 Å². The molecule has 1 aromatic rings. The molecule has 0 saturated carbocycles. The molecule has 0 radical (unpaired) electrons. The fourth-order valence-corrected chi connectivity index (χ4v) is 1.84. The number of nitrogens with zero attached hydrogens (tertiary/aromatic N) is 2. The molecule has 1 N–H and O–H groups in total. The lowest BCUT2D eigenvalue weighted by atomic mass is 10.2. The third-order valence-electron chi connectivity index (χ3n) is 2.66. The molecular weight excluding hydrogens is 209 g/mol.